The molecule has 0 spiro atoms. The van der Waals surface area contributed by atoms with Crippen LogP contribution in [0.15, 0.2) is 24.3 Å². The van der Waals surface area contributed by atoms with Crippen LogP contribution in [-0.4, -0.2) is 40.0 Å². The fraction of sp³-hybridized carbons (Fsp3) is 0.600. The molecule has 1 aromatic rings. The van der Waals surface area contributed by atoms with Crippen molar-refractivity contribution >= 4 is 21.4 Å². The molecule has 1 N–H and O–H groups in total. The van der Waals surface area contributed by atoms with Crippen molar-refractivity contribution in [2.45, 2.75) is 30.9 Å². The van der Waals surface area contributed by atoms with Gasteiger partial charge in [-0.25, -0.2) is 8.42 Å². The van der Waals surface area contributed by atoms with Gasteiger partial charge in [-0.05, 0) is 31.0 Å². The molecule has 0 aromatic heterocycles. The number of benzene rings is 1. The third-order valence-electron chi connectivity index (χ3n) is 4.22. The summed E-state index contributed by atoms with van der Waals surface area (Å²) in [5.74, 6) is 0. The highest BCUT2D eigenvalue weighted by Gasteiger charge is 2.28. The van der Waals surface area contributed by atoms with Gasteiger partial charge >= 0.3 is 0 Å². The average molecular weight is 310 g/mol. The zero-order valence-electron chi connectivity index (χ0n) is 12.1. The Balaban J connectivity index is 1.73. The molecule has 1 saturated heterocycles. The van der Waals surface area contributed by atoms with Crippen molar-refractivity contribution in [3.63, 3.8) is 0 Å². The molecule has 2 fully saturated rings. The van der Waals surface area contributed by atoms with E-state index in [0.717, 1.165) is 57.7 Å². The van der Waals surface area contributed by atoms with Crippen LogP contribution < -0.4 is 9.62 Å². The summed E-state index contributed by atoms with van der Waals surface area (Å²) in [6, 6.07) is 7.64. The lowest BCUT2D eigenvalue weighted by Gasteiger charge is -2.29. The molecular formula is C15H22N2O3S. The maximum absolute atomic E-state index is 12.3. The molecule has 0 amide bonds. The summed E-state index contributed by atoms with van der Waals surface area (Å²) in [6.07, 6.45) is 3.58. The van der Waals surface area contributed by atoms with E-state index in [9.17, 15) is 8.42 Å². The Kier molecular flexibility index (Phi) is 4.35. The highest BCUT2D eigenvalue weighted by Crippen LogP contribution is 2.27. The van der Waals surface area contributed by atoms with Gasteiger partial charge in [0.05, 0.1) is 24.2 Å². The van der Waals surface area contributed by atoms with Crippen molar-refractivity contribution in [2.24, 2.45) is 0 Å². The van der Waals surface area contributed by atoms with Crippen LogP contribution in [0, 0.1) is 0 Å². The van der Waals surface area contributed by atoms with E-state index in [2.05, 4.69) is 9.62 Å². The summed E-state index contributed by atoms with van der Waals surface area (Å²) in [5.41, 5.74) is 1.70. The fourth-order valence-electron chi connectivity index (χ4n) is 3.03. The highest BCUT2D eigenvalue weighted by atomic mass is 32.2. The molecule has 0 unspecified atom stereocenters. The van der Waals surface area contributed by atoms with E-state index in [-0.39, 0.29) is 5.25 Å². The minimum atomic E-state index is -3.25. The predicted octanol–water partition coefficient (Wildman–Crippen LogP) is 2.21. The monoisotopic (exact) mass is 310 g/mol. The van der Waals surface area contributed by atoms with Crippen molar-refractivity contribution in [3.05, 3.63) is 24.3 Å². The Hall–Kier alpha value is -1.27. The second-order valence-electron chi connectivity index (χ2n) is 5.70. The molecule has 0 radical (unpaired) electrons. The maximum atomic E-state index is 12.3. The van der Waals surface area contributed by atoms with E-state index in [4.69, 9.17) is 4.74 Å². The Morgan fingerprint density at radius 3 is 2.57 bits per heavy atom. The lowest BCUT2D eigenvalue weighted by molar-refractivity contribution is 0.122. The number of morpholine rings is 1. The molecule has 3 rings (SSSR count). The molecule has 1 saturated carbocycles. The van der Waals surface area contributed by atoms with E-state index < -0.39 is 10.0 Å². The van der Waals surface area contributed by atoms with E-state index in [1.807, 2.05) is 24.3 Å². The lowest BCUT2D eigenvalue weighted by Crippen LogP contribution is -2.36. The highest BCUT2D eigenvalue weighted by molar-refractivity contribution is 7.93. The third kappa shape index (κ3) is 3.49. The van der Waals surface area contributed by atoms with E-state index >= 15 is 0 Å². The van der Waals surface area contributed by atoms with Crippen LogP contribution in [0.4, 0.5) is 11.4 Å². The number of hydrogen-bond donors (Lipinski definition) is 1. The van der Waals surface area contributed by atoms with E-state index in [1.165, 1.54) is 0 Å². The second-order valence-corrected chi connectivity index (χ2v) is 7.66. The lowest BCUT2D eigenvalue weighted by atomic mass is 10.2. The quantitative estimate of drug-likeness (QED) is 0.926. The normalized spacial score (nSPS) is 20.7. The SMILES string of the molecule is O=S(=O)(Nc1cccc(N2CCOCC2)c1)C1CCCC1. The molecule has 0 atom stereocenters. The topological polar surface area (TPSA) is 58.6 Å². The van der Waals surface area contributed by atoms with Gasteiger partial charge in [-0.2, -0.15) is 0 Å². The Labute approximate surface area is 126 Å². The molecule has 6 heteroatoms. The third-order valence-corrected chi connectivity index (χ3v) is 6.09. The molecule has 116 valence electrons. The van der Waals surface area contributed by atoms with Gasteiger partial charge in [-0.3, -0.25) is 4.72 Å². The van der Waals surface area contributed by atoms with Gasteiger partial charge in [0.1, 0.15) is 0 Å². The van der Waals surface area contributed by atoms with Crippen LogP contribution in [0.25, 0.3) is 0 Å². The van der Waals surface area contributed by atoms with Gasteiger partial charge in [-0.1, -0.05) is 18.9 Å². The summed E-state index contributed by atoms with van der Waals surface area (Å²) < 4.78 is 32.8. The largest absolute Gasteiger partial charge is 0.378 e. The van der Waals surface area contributed by atoms with Gasteiger partial charge in [0.15, 0.2) is 0 Å². The second kappa shape index (κ2) is 6.23. The first kappa shape index (κ1) is 14.7. The van der Waals surface area contributed by atoms with Gasteiger partial charge in [0, 0.05) is 18.8 Å². The Bertz CT molecular complexity index is 576. The Morgan fingerprint density at radius 2 is 1.86 bits per heavy atom. The summed E-state index contributed by atoms with van der Waals surface area (Å²) in [5, 5.41) is -0.232. The number of ether oxygens (including phenoxy) is 1. The minimum absolute atomic E-state index is 0.232. The number of sulfonamides is 1. The first-order chi connectivity index (χ1) is 10.1. The van der Waals surface area contributed by atoms with Gasteiger partial charge in [0.2, 0.25) is 10.0 Å². The van der Waals surface area contributed by atoms with E-state index in [0.29, 0.717) is 5.69 Å². The Morgan fingerprint density at radius 1 is 1.14 bits per heavy atom. The van der Waals surface area contributed by atoms with Gasteiger partial charge in [0.25, 0.3) is 0 Å². The standard InChI is InChI=1S/C15H22N2O3S/c18-21(19,15-6-1-2-7-15)16-13-4-3-5-14(12-13)17-8-10-20-11-9-17/h3-5,12,15-16H,1-2,6-11H2. The van der Waals surface area contributed by atoms with Crippen molar-refractivity contribution < 1.29 is 13.2 Å². The summed E-state index contributed by atoms with van der Waals surface area (Å²) in [7, 11) is -3.25. The van der Waals surface area contributed by atoms with Crippen LogP contribution >= 0.6 is 0 Å². The van der Waals surface area contributed by atoms with Crippen LogP contribution in [0.2, 0.25) is 0 Å². The minimum Gasteiger partial charge on any atom is -0.378 e. The zero-order valence-corrected chi connectivity index (χ0v) is 12.9. The van der Waals surface area contributed by atoms with Gasteiger partial charge < -0.3 is 9.64 Å². The summed E-state index contributed by atoms with van der Waals surface area (Å²) >= 11 is 0. The molecular weight excluding hydrogens is 288 g/mol. The fourth-order valence-corrected chi connectivity index (χ4v) is 4.61. The van der Waals surface area contributed by atoms with Crippen molar-refractivity contribution in [1.29, 1.82) is 0 Å². The number of hydrogen-bond acceptors (Lipinski definition) is 4. The van der Waals surface area contributed by atoms with Crippen LogP contribution in [0.1, 0.15) is 25.7 Å². The molecule has 2 aliphatic rings. The first-order valence-corrected chi connectivity index (χ1v) is 9.14. The zero-order chi connectivity index (χ0) is 14.7. The number of rotatable bonds is 4. The number of nitrogens with one attached hydrogen (secondary N) is 1. The average Bonchev–Trinajstić information content (AvgIpc) is 3.03. The smallest absolute Gasteiger partial charge is 0.235 e. The molecule has 21 heavy (non-hydrogen) atoms. The molecule has 5 nitrogen and oxygen atoms in total. The van der Waals surface area contributed by atoms with Gasteiger partial charge in [-0.15, -0.1) is 0 Å². The van der Waals surface area contributed by atoms with Crippen LogP contribution in [0.3, 0.4) is 0 Å². The molecule has 1 aliphatic heterocycles. The summed E-state index contributed by atoms with van der Waals surface area (Å²) in [6.45, 7) is 3.13. The van der Waals surface area contributed by atoms with Crippen LogP contribution in [0.5, 0.6) is 0 Å². The molecule has 1 heterocycles. The maximum Gasteiger partial charge on any atom is 0.235 e. The van der Waals surface area contributed by atoms with E-state index in [1.54, 1.807) is 0 Å². The molecule has 0 bridgehead atoms. The van der Waals surface area contributed by atoms with Crippen molar-refractivity contribution in [3.8, 4) is 0 Å². The van der Waals surface area contributed by atoms with Crippen LogP contribution in [-0.2, 0) is 14.8 Å². The van der Waals surface area contributed by atoms with Crippen molar-refractivity contribution in [1.82, 2.24) is 0 Å². The summed E-state index contributed by atoms with van der Waals surface area (Å²) in [4.78, 5) is 2.22. The molecule has 1 aromatic carbocycles. The van der Waals surface area contributed by atoms with Crippen molar-refractivity contribution in [2.75, 3.05) is 35.9 Å². The number of anilines is 2. The molecule has 1 aliphatic carbocycles. The number of nitrogens with zero attached hydrogens (tertiary/aromatic N) is 1. The first-order valence-electron chi connectivity index (χ1n) is 7.59. The predicted molar refractivity (Wildman–Crippen MR) is 84.3 cm³/mol.